The highest BCUT2D eigenvalue weighted by Gasteiger charge is 2.39. The Bertz CT molecular complexity index is 1080. The van der Waals surface area contributed by atoms with E-state index in [0.29, 0.717) is 24.1 Å². The van der Waals surface area contributed by atoms with Gasteiger partial charge >= 0.3 is 0 Å². The number of anilines is 1. The summed E-state index contributed by atoms with van der Waals surface area (Å²) in [6, 6.07) is 9.49. The third kappa shape index (κ3) is 3.88. The van der Waals surface area contributed by atoms with Gasteiger partial charge in [-0.2, -0.15) is 0 Å². The number of hydrogen-bond acceptors (Lipinski definition) is 4. The highest BCUT2D eigenvalue weighted by atomic mass is 16.3. The van der Waals surface area contributed by atoms with Gasteiger partial charge in [-0.25, -0.2) is 0 Å². The van der Waals surface area contributed by atoms with Crippen LogP contribution in [-0.4, -0.2) is 53.9 Å². The second kappa shape index (κ2) is 8.63. The van der Waals surface area contributed by atoms with Gasteiger partial charge in [0.2, 0.25) is 5.91 Å². The summed E-state index contributed by atoms with van der Waals surface area (Å²) in [6.07, 6.45) is 5.08. The van der Waals surface area contributed by atoms with Crippen LogP contribution in [0.4, 0.5) is 5.69 Å². The lowest BCUT2D eigenvalue weighted by molar-refractivity contribution is -0.117. The number of benzene rings is 2. The van der Waals surface area contributed by atoms with Crippen molar-refractivity contribution in [3.8, 4) is 0 Å². The molecule has 162 valence electrons. The lowest BCUT2D eigenvalue weighted by Crippen LogP contribution is -2.56. The maximum atomic E-state index is 13.7. The van der Waals surface area contributed by atoms with Crippen LogP contribution in [0, 0.1) is 0 Å². The van der Waals surface area contributed by atoms with Gasteiger partial charge in [0.05, 0.1) is 23.4 Å². The van der Waals surface area contributed by atoms with Gasteiger partial charge in [-0.15, -0.1) is 0 Å². The van der Waals surface area contributed by atoms with Gasteiger partial charge in [-0.3, -0.25) is 19.5 Å². The van der Waals surface area contributed by atoms with Gasteiger partial charge < -0.3 is 10.0 Å². The van der Waals surface area contributed by atoms with E-state index in [1.54, 1.807) is 23.1 Å². The van der Waals surface area contributed by atoms with Crippen molar-refractivity contribution >= 4 is 34.5 Å². The predicted octanol–water partition coefficient (Wildman–Crippen LogP) is 3.71. The molecule has 0 radical (unpaired) electrons. The van der Waals surface area contributed by atoms with E-state index >= 15 is 0 Å². The fraction of sp³-hybridized carbons (Fsp3) is 0.400. The summed E-state index contributed by atoms with van der Waals surface area (Å²) < 4.78 is 0. The monoisotopic (exact) mass is 419 g/mol. The average molecular weight is 420 g/mol. The summed E-state index contributed by atoms with van der Waals surface area (Å²) in [6.45, 7) is 5.77. The van der Waals surface area contributed by atoms with Crippen LogP contribution in [0.5, 0.6) is 0 Å². The van der Waals surface area contributed by atoms with E-state index in [1.807, 2.05) is 30.3 Å². The first-order chi connectivity index (χ1) is 14.9. The molecule has 1 aliphatic carbocycles. The zero-order valence-electron chi connectivity index (χ0n) is 18.2. The van der Waals surface area contributed by atoms with Crippen molar-refractivity contribution < 1.29 is 14.7 Å². The predicted molar refractivity (Wildman–Crippen MR) is 124 cm³/mol. The second-order valence-electron chi connectivity index (χ2n) is 8.48. The van der Waals surface area contributed by atoms with Crippen molar-refractivity contribution in [3.05, 3.63) is 53.6 Å². The van der Waals surface area contributed by atoms with Crippen LogP contribution in [0.25, 0.3) is 10.8 Å². The lowest BCUT2D eigenvalue weighted by atomic mass is 9.89. The molecule has 6 nitrogen and oxygen atoms in total. The van der Waals surface area contributed by atoms with Crippen molar-refractivity contribution in [2.75, 3.05) is 18.6 Å². The average Bonchev–Trinajstić information content (AvgIpc) is 2.75. The van der Waals surface area contributed by atoms with Crippen LogP contribution in [0.15, 0.2) is 47.5 Å². The first-order valence-electron chi connectivity index (χ1n) is 10.8. The van der Waals surface area contributed by atoms with Crippen LogP contribution >= 0.6 is 0 Å². The van der Waals surface area contributed by atoms with E-state index in [4.69, 9.17) is 0 Å². The number of rotatable bonds is 4. The van der Waals surface area contributed by atoms with E-state index in [0.717, 1.165) is 41.2 Å². The molecular weight excluding hydrogens is 390 g/mol. The first-order valence-corrected chi connectivity index (χ1v) is 10.8. The van der Waals surface area contributed by atoms with Crippen LogP contribution in [0.1, 0.15) is 48.5 Å². The molecule has 2 aromatic rings. The topological polar surface area (TPSA) is 73.2 Å². The molecule has 1 N–H and O–H groups in total. The zero-order chi connectivity index (χ0) is 22.1. The Morgan fingerprint density at radius 2 is 1.97 bits per heavy atom. The Labute approximate surface area is 182 Å². The van der Waals surface area contributed by atoms with Gasteiger partial charge in [0, 0.05) is 25.6 Å². The highest BCUT2D eigenvalue weighted by Crippen LogP contribution is 2.39. The molecule has 6 heteroatoms. The van der Waals surface area contributed by atoms with Crippen LogP contribution < -0.4 is 4.90 Å². The molecule has 2 aliphatic rings. The molecule has 1 heterocycles. The second-order valence-corrected chi connectivity index (χ2v) is 8.48. The minimum Gasteiger partial charge on any atom is -0.391 e. The summed E-state index contributed by atoms with van der Waals surface area (Å²) in [5, 5.41) is 12.5. The number of aliphatic hydroxyl groups is 1. The molecule has 1 saturated carbocycles. The number of aliphatic hydroxyl groups excluding tert-OH is 1. The summed E-state index contributed by atoms with van der Waals surface area (Å²) >= 11 is 0. The molecule has 2 aromatic carbocycles. The maximum Gasteiger partial charge on any atom is 0.257 e. The number of amides is 2. The molecule has 0 aromatic heterocycles. The highest BCUT2D eigenvalue weighted by molar-refractivity contribution is 6.16. The number of aliphatic imine (C=N–C) groups is 1. The Morgan fingerprint density at radius 1 is 1.26 bits per heavy atom. The van der Waals surface area contributed by atoms with Gasteiger partial charge in [0.1, 0.15) is 6.67 Å². The van der Waals surface area contributed by atoms with E-state index in [1.165, 1.54) is 6.92 Å². The Morgan fingerprint density at radius 3 is 2.65 bits per heavy atom. The molecule has 0 unspecified atom stereocenters. The van der Waals surface area contributed by atoms with Gasteiger partial charge in [0.25, 0.3) is 5.91 Å². The largest absolute Gasteiger partial charge is 0.391 e. The fourth-order valence-corrected chi connectivity index (χ4v) is 4.92. The molecule has 31 heavy (non-hydrogen) atoms. The molecule has 1 aliphatic heterocycles. The van der Waals surface area contributed by atoms with Crippen LogP contribution in [0.3, 0.4) is 0 Å². The maximum absolute atomic E-state index is 13.7. The van der Waals surface area contributed by atoms with Gasteiger partial charge in [0.15, 0.2) is 0 Å². The van der Waals surface area contributed by atoms with E-state index in [2.05, 4.69) is 11.6 Å². The molecule has 4 rings (SSSR count). The fourth-order valence-electron chi connectivity index (χ4n) is 4.92. The number of allylic oxidation sites excluding steroid dienone is 1. The SMILES string of the molecule is C=C(/C=N\C)Cc1cc2c(c3ccccc13)N(C(C)=O)CN([C@H]1CCCC[C@@H]1O)C2=O. The van der Waals surface area contributed by atoms with Crippen molar-refractivity contribution in [1.29, 1.82) is 0 Å². The van der Waals surface area contributed by atoms with Crippen LogP contribution in [0.2, 0.25) is 0 Å². The number of fused-ring (bicyclic) bond motifs is 3. The number of carbonyl (C=O) groups is 2. The van der Waals surface area contributed by atoms with Gasteiger partial charge in [-0.1, -0.05) is 43.7 Å². The Balaban J connectivity index is 1.88. The smallest absolute Gasteiger partial charge is 0.257 e. The third-order valence-corrected chi connectivity index (χ3v) is 6.36. The van der Waals surface area contributed by atoms with Crippen molar-refractivity contribution in [3.63, 3.8) is 0 Å². The Kier molecular flexibility index (Phi) is 5.92. The molecule has 1 fully saturated rings. The van der Waals surface area contributed by atoms with Crippen molar-refractivity contribution in [1.82, 2.24) is 4.90 Å². The van der Waals surface area contributed by atoms with E-state index in [-0.39, 0.29) is 24.5 Å². The molecule has 2 amide bonds. The van der Waals surface area contributed by atoms with E-state index in [9.17, 15) is 14.7 Å². The van der Waals surface area contributed by atoms with Gasteiger partial charge in [-0.05, 0) is 41.9 Å². The van der Waals surface area contributed by atoms with Crippen molar-refractivity contribution in [2.24, 2.45) is 4.99 Å². The normalized spacial score (nSPS) is 21.6. The zero-order valence-corrected chi connectivity index (χ0v) is 18.2. The van der Waals surface area contributed by atoms with E-state index < -0.39 is 6.10 Å². The number of nitrogens with zero attached hydrogens (tertiary/aromatic N) is 3. The summed E-state index contributed by atoms with van der Waals surface area (Å²) in [4.78, 5) is 33.7. The Hall–Kier alpha value is -2.99. The first kappa shape index (κ1) is 21.2. The quantitative estimate of drug-likeness (QED) is 0.768. The minimum absolute atomic E-state index is 0.121. The summed E-state index contributed by atoms with van der Waals surface area (Å²) in [5.74, 6) is -0.246. The third-order valence-electron chi connectivity index (χ3n) is 6.36. The lowest BCUT2D eigenvalue weighted by Gasteiger charge is -2.44. The molecule has 2 atom stereocenters. The summed E-state index contributed by atoms with van der Waals surface area (Å²) in [7, 11) is 1.71. The molecule has 0 spiro atoms. The molecule has 0 bridgehead atoms. The standard InChI is InChI=1S/C25H29N3O3/c1-16(14-26-3)12-18-13-21-24(20-9-5-4-8-19(18)20)27(17(2)29)15-28(25(21)31)22-10-6-7-11-23(22)30/h4-5,8-9,13-14,22-23,30H,1,6-7,10-12,15H2,2-3H3/b26-14-/t22-,23-/m0/s1. The molecular formula is C25H29N3O3. The molecule has 0 saturated heterocycles. The number of hydrogen-bond donors (Lipinski definition) is 1. The minimum atomic E-state index is -0.562. The van der Waals surface area contributed by atoms with Crippen molar-refractivity contribution in [2.45, 2.75) is 51.2 Å². The van der Waals surface area contributed by atoms with Crippen LogP contribution in [-0.2, 0) is 11.2 Å². The summed E-state index contributed by atoms with van der Waals surface area (Å²) in [5.41, 5.74) is 2.99. The number of carbonyl (C=O) groups excluding carboxylic acids is 2.